The van der Waals surface area contributed by atoms with Crippen molar-refractivity contribution in [3.63, 3.8) is 0 Å². The number of rotatable bonds is 6. The molecule has 0 fully saturated rings. The Labute approximate surface area is 109 Å². The smallest absolute Gasteiger partial charge is 0.245 e. The summed E-state index contributed by atoms with van der Waals surface area (Å²) < 4.78 is 24.8. The molecular weight excluding hydrogens is 220 g/mol. The van der Waals surface area contributed by atoms with Crippen LogP contribution in [0.3, 0.4) is 0 Å². The van der Waals surface area contributed by atoms with Crippen LogP contribution in [0, 0.1) is 5.41 Å². The second kappa shape index (κ2) is 12.3. The minimum absolute atomic E-state index is 0. The Kier molecular flexibility index (Phi) is 15.9. The molecule has 2 N–H and O–H groups in total. The molecule has 17 heavy (non-hydrogen) atoms. The molecule has 0 saturated heterocycles. The average molecular weight is 255 g/mol. The first-order valence-electron chi connectivity index (χ1n) is 6.85. The summed E-state index contributed by atoms with van der Waals surface area (Å²) in [7, 11) is 0. The van der Waals surface area contributed by atoms with Crippen molar-refractivity contribution in [1.29, 1.82) is 0 Å². The highest BCUT2D eigenvalue weighted by atomic mass is 19.3. The van der Waals surface area contributed by atoms with E-state index >= 15 is 0 Å². The van der Waals surface area contributed by atoms with Gasteiger partial charge in [-0.3, -0.25) is 0 Å². The van der Waals surface area contributed by atoms with E-state index in [0.717, 1.165) is 19.8 Å². The molecule has 0 spiro atoms. The van der Waals surface area contributed by atoms with Gasteiger partial charge >= 0.3 is 0 Å². The molecule has 0 amide bonds. The van der Waals surface area contributed by atoms with Crippen LogP contribution >= 0.6 is 0 Å². The molecule has 0 aliphatic carbocycles. The van der Waals surface area contributed by atoms with Crippen molar-refractivity contribution >= 4 is 0 Å². The average Bonchev–Trinajstić information content (AvgIpc) is 2.29. The molecule has 110 valence electrons. The molecule has 0 saturated carbocycles. The Morgan fingerprint density at radius 2 is 1.24 bits per heavy atom. The monoisotopic (exact) mass is 255 g/mol. The first-order valence-corrected chi connectivity index (χ1v) is 6.85. The van der Waals surface area contributed by atoms with E-state index in [9.17, 15) is 8.78 Å². The third-order valence-electron chi connectivity index (χ3n) is 2.27. The highest BCUT2D eigenvalue weighted by Crippen LogP contribution is 2.25. The van der Waals surface area contributed by atoms with Crippen LogP contribution in [0.4, 0.5) is 8.78 Å². The van der Waals surface area contributed by atoms with Crippen LogP contribution in [0.2, 0.25) is 0 Å². The van der Waals surface area contributed by atoms with Gasteiger partial charge in [0.05, 0.1) is 0 Å². The quantitative estimate of drug-likeness (QED) is 0.624. The van der Waals surface area contributed by atoms with E-state index in [0.29, 0.717) is 13.0 Å². The molecule has 0 bridgehead atoms. The van der Waals surface area contributed by atoms with Crippen molar-refractivity contribution in [1.82, 2.24) is 0 Å². The Hall–Kier alpha value is -0.180. The number of alkyl halides is 2. The number of unbranched alkanes of at least 4 members (excludes halogenated alkanes) is 1. The predicted molar refractivity (Wildman–Crippen MR) is 76.7 cm³/mol. The Bertz CT molecular complexity index is 145. The highest BCUT2D eigenvalue weighted by Gasteiger charge is 2.21. The lowest BCUT2D eigenvalue weighted by atomic mass is 9.87. The fourth-order valence-electron chi connectivity index (χ4n) is 1.14. The van der Waals surface area contributed by atoms with E-state index < -0.39 is 5.92 Å². The molecule has 0 aromatic rings. The third kappa shape index (κ3) is 21.6. The third-order valence-corrected chi connectivity index (χ3v) is 2.27. The molecule has 0 aliphatic heterocycles. The summed E-state index contributed by atoms with van der Waals surface area (Å²) >= 11 is 0. The highest BCUT2D eigenvalue weighted by molar-refractivity contribution is 4.69. The number of hydrogen-bond donors (Lipinski definition) is 1. The van der Waals surface area contributed by atoms with Crippen LogP contribution in [-0.4, -0.2) is 12.5 Å². The Morgan fingerprint density at radius 1 is 0.882 bits per heavy atom. The molecule has 0 rings (SSSR count). The van der Waals surface area contributed by atoms with Gasteiger partial charge in [0.1, 0.15) is 0 Å². The van der Waals surface area contributed by atoms with E-state index in [1.807, 2.05) is 27.7 Å². The van der Waals surface area contributed by atoms with Crippen LogP contribution in [-0.2, 0) is 0 Å². The summed E-state index contributed by atoms with van der Waals surface area (Å²) in [5, 5.41) is 0. The fraction of sp³-hybridized carbons (Fsp3) is 1.00. The van der Waals surface area contributed by atoms with Gasteiger partial charge in [-0.2, -0.15) is 0 Å². The van der Waals surface area contributed by atoms with E-state index in [1.54, 1.807) is 0 Å². The summed E-state index contributed by atoms with van der Waals surface area (Å²) in [5.74, 6) is -2.51. The maximum atomic E-state index is 12.4. The van der Waals surface area contributed by atoms with Gasteiger partial charge < -0.3 is 5.73 Å². The summed E-state index contributed by atoms with van der Waals surface area (Å²) in [6.45, 7) is 13.7. The molecule has 0 atom stereocenters. The van der Waals surface area contributed by atoms with Gasteiger partial charge in [-0.15, -0.1) is 0 Å². The standard InChI is InChI=1S/C10H21F2N.2C2H6.H2/c1-9(2,8-13)6-4-5-7-10(3,11)12;2*1-2;/h4-8,13H2,1-3H3;2*1-2H3;1H. The number of hydrogen-bond acceptors (Lipinski definition) is 1. The summed E-state index contributed by atoms with van der Waals surface area (Å²) in [5.41, 5.74) is 5.63. The maximum Gasteiger partial charge on any atom is 0.245 e. The van der Waals surface area contributed by atoms with Crippen molar-refractivity contribution < 1.29 is 10.2 Å². The lowest BCUT2D eigenvalue weighted by molar-refractivity contribution is 0.00975. The molecular formula is C14H35F2N. The van der Waals surface area contributed by atoms with Gasteiger partial charge in [-0.05, 0) is 31.7 Å². The van der Waals surface area contributed by atoms with Crippen LogP contribution < -0.4 is 5.73 Å². The topological polar surface area (TPSA) is 26.0 Å². The lowest BCUT2D eigenvalue weighted by Gasteiger charge is -2.22. The van der Waals surface area contributed by atoms with Crippen LogP contribution in [0.15, 0.2) is 0 Å². The Balaban J connectivity index is -0.000000177. The van der Waals surface area contributed by atoms with Gasteiger partial charge in [0.25, 0.3) is 0 Å². The van der Waals surface area contributed by atoms with Crippen molar-refractivity contribution in [2.24, 2.45) is 11.1 Å². The van der Waals surface area contributed by atoms with Gasteiger partial charge in [0, 0.05) is 7.85 Å². The van der Waals surface area contributed by atoms with Gasteiger partial charge in [0.2, 0.25) is 5.92 Å². The second-order valence-electron chi connectivity index (χ2n) is 4.65. The lowest BCUT2D eigenvalue weighted by Crippen LogP contribution is -2.23. The number of halogens is 2. The van der Waals surface area contributed by atoms with Gasteiger partial charge in [-0.25, -0.2) is 8.78 Å². The first kappa shape index (κ1) is 22.0. The zero-order chi connectivity index (χ0) is 14.5. The van der Waals surface area contributed by atoms with Crippen LogP contribution in [0.1, 0.15) is 75.6 Å². The van der Waals surface area contributed by atoms with Crippen molar-refractivity contribution in [3.8, 4) is 0 Å². The van der Waals surface area contributed by atoms with Gasteiger partial charge in [-0.1, -0.05) is 48.0 Å². The van der Waals surface area contributed by atoms with Crippen LogP contribution in [0.5, 0.6) is 0 Å². The normalized spacial score (nSPS) is 10.9. The zero-order valence-electron chi connectivity index (χ0n) is 12.9. The van der Waals surface area contributed by atoms with Crippen LogP contribution in [0.25, 0.3) is 0 Å². The van der Waals surface area contributed by atoms with E-state index in [2.05, 4.69) is 13.8 Å². The van der Waals surface area contributed by atoms with E-state index in [1.165, 1.54) is 0 Å². The summed E-state index contributed by atoms with van der Waals surface area (Å²) in [4.78, 5) is 0. The maximum absolute atomic E-state index is 12.4. The van der Waals surface area contributed by atoms with E-state index in [-0.39, 0.29) is 13.3 Å². The second-order valence-corrected chi connectivity index (χ2v) is 4.65. The van der Waals surface area contributed by atoms with Gasteiger partial charge in [0.15, 0.2) is 0 Å². The SMILES string of the molecule is CC.CC.CC(F)(F)CCCCC(C)(C)CN.[HH]. The molecule has 3 heteroatoms. The molecule has 0 aromatic heterocycles. The predicted octanol–water partition coefficient (Wildman–Crippen LogP) is 5.49. The molecule has 0 aromatic carbocycles. The van der Waals surface area contributed by atoms with E-state index in [4.69, 9.17) is 5.73 Å². The molecule has 1 nitrogen and oxygen atoms in total. The summed E-state index contributed by atoms with van der Waals surface area (Å²) in [6, 6.07) is 0. The number of nitrogens with two attached hydrogens (primary N) is 1. The first-order chi connectivity index (χ1) is 7.77. The Morgan fingerprint density at radius 3 is 1.53 bits per heavy atom. The molecule has 0 heterocycles. The summed E-state index contributed by atoms with van der Waals surface area (Å²) in [6.07, 6.45) is 2.35. The van der Waals surface area contributed by atoms with Crippen molar-refractivity contribution in [3.05, 3.63) is 0 Å². The van der Waals surface area contributed by atoms with Crippen molar-refractivity contribution in [2.75, 3.05) is 6.54 Å². The fourth-order valence-corrected chi connectivity index (χ4v) is 1.14. The minimum atomic E-state index is -2.51. The minimum Gasteiger partial charge on any atom is -0.330 e. The molecule has 0 radical (unpaired) electrons. The largest absolute Gasteiger partial charge is 0.330 e. The molecule has 0 aliphatic rings. The zero-order valence-corrected chi connectivity index (χ0v) is 12.9. The van der Waals surface area contributed by atoms with Crippen molar-refractivity contribution in [2.45, 2.75) is 80.1 Å². The molecule has 0 unspecified atom stereocenters.